The maximum atomic E-state index is 12.9. The largest absolute Gasteiger partial charge is 0.465 e. The number of H-pyrrole nitrogens is 1. The molecule has 0 saturated heterocycles. The number of carbonyl (C=O) groups excluding carboxylic acids is 2. The number of amides is 1. The molecule has 1 amide bonds. The van der Waals surface area contributed by atoms with Crippen LogP contribution in [0.1, 0.15) is 51.5 Å². The normalized spacial score (nSPS) is 11.6. The van der Waals surface area contributed by atoms with Crippen LogP contribution in [0.2, 0.25) is 0 Å². The number of benzene rings is 1. The van der Waals surface area contributed by atoms with Crippen molar-refractivity contribution in [3.05, 3.63) is 46.3 Å². The summed E-state index contributed by atoms with van der Waals surface area (Å²) < 4.78 is 31.9. The van der Waals surface area contributed by atoms with Gasteiger partial charge in [-0.05, 0) is 44.0 Å². The highest BCUT2D eigenvalue weighted by atomic mass is 32.2. The fourth-order valence-electron chi connectivity index (χ4n) is 3.24. The lowest BCUT2D eigenvalue weighted by Gasteiger charge is -2.20. The van der Waals surface area contributed by atoms with Crippen molar-refractivity contribution in [3.63, 3.8) is 0 Å². The van der Waals surface area contributed by atoms with Crippen molar-refractivity contribution in [1.29, 1.82) is 0 Å². The zero-order valence-electron chi connectivity index (χ0n) is 17.5. The predicted octanol–water partition coefficient (Wildman–Crippen LogP) is 3.01. The van der Waals surface area contributed by atoms with Crippen LogP contribution in [0, 0.1) is 20.8 Å². The van der Waals surface area contributed by atoms with Crippen LogP contribution in [0.5, 0.6) is 0 Å². The molecule has 9 heteroatoms. The number of sulfonamides is 1. The summed E-state index contributed by atoms with van der Waals surface area (Å²) in [4.78, 5) is 27.7. The minimum atomic E-state index is -3.67. The molecule has 0 unspecified atom stereocenters. The second-order valence-electron chi connectivity index (χ2n) is 6.64. The summed E-state index contributed by atoms with van der Waals surface area (Å²) in [7, 11) is -2.39. The molecule has 0 aliphatic rings. The third-order valence-electron chi connectivity index (χ3n) is 4.82. The molecule has 1 aromatic carbocycles. The van der Waals surface area contributed by atoms with Crippen LogP contribution < -0.4 is 5.32 Å². The Morgan fingerprint density at radius 2 is 1.76 bits per heavy atom. The number of nitrogens with zero attached hydrogens (tertiary/aromatic N) is 1. The summed E-state index contributed by atoms with van der Waals surface area (Å²) in [5, 5.41) is 2.71. The molecule has 0 saturated carbocycles. The number of ether oxygens (including phenoxy) is 1. The van der Waals surface area contributed by atoms with E-state index in [1.807, 2.05) is 0 Å². The second-order valence-corrected chi connectivity index (χ2v) is 8.55. The number of aryl methyl sites for hydroxylation is 2. The lowest BCUT2D eigenvalue weighted by atomic mass is 10.1. The van der Waals surface area contributed by atoms with Crippen LogP contribution in [0.4, 0.5) is 5.69 Å². The first-order valence-corrected chi connectivity index (χ1v) is 10.7. The van der Waals surface area contributed by atoms with E-state index in [9.17, 15) is 18.0 Å². The van der Waals surface area contributed by atoms with Crippen molar-refractivity contribution in [2.75, 3.05) is 25.5 Å². The van der Waals surface area contributed by atoms with Gasteiger partial charge in [0, 0.05) is 24.5 Å². The summed E-state index contributed by atoms with van der Waals surface area (Å²) in [6.07, 6.45) is 0. The molecule has 2 aromatic rings. The minimum absolute atomic E-state index is 0.147. The van der Waals surface area contributed by atoms with E-state index in [-0.39, 0.29) is 10.6 Å². The number of esters is 1. The molecule has 2 N–H and O–H groups in total. The van der Waals surface area contributed by atoms with Gasteiger partial charge in [0.25, 0.3) is 5.91 Å². The molecular formula is C20H27N3O5S. The predicted molar refractivity (Wildman–Crippen MR) is 111 cm³/mol. The first kappa shape index (κ1) is 22.6. The number of anilines is 1. The van der Waals surface area contributed by atoms with Crippen LogP contribution in [-0.4, -0.2) is 49.8 Å². The van der Waals surface area contributed by atoms with Gasteiger partial charge in [0.15, 0.2) is 0 Å². The highest BCUT2D eigenvalue weighted by Gasteiger charge is 2.25. The monoisotopic (exact) mass is 421 g/mol. The molecule has 0 atom stereocenters. The van der Waals surface area contributed by atoms with Gasteiger partial charge in [-0.2, -0.15) is 4.31 Å². The zero-order valence-corrected chi connectivity index (χ0v) is 18.4. The van der Waals surface area contributed by atoms with Crippen LogP contribution >= 0.6 is 0 Å². The summed E-state index contributed by atoms with van der Waals surface area (Å²) in [5.74, 6) is -1.01. The lowest BCUT2D eigenvalue weighted by molar-refractivity contribution is 0.0599. The number of nitrogens with one attached hydrogen (secondary N) is 2. The average Bonchev–Trinajstić information content (AvgIpc) is 2.97. The molecule has 0 bridgehead atoms. The summed E-state index contributed by atoms with van der Waals surface area (Å²) in [6, 6.07) is 4.74. The van der Waals surface area contributed by atoms with E-state index in [0.29, 0.717) is 41.2 Å². The Labute approximate surface area is 171 Å². The van der Waals surface area contributed by atoms with Gasteiger partial charge in [-0.1, -0.05) is 19.9 Å². The topological polar surface area (TPSA) is 109 Å². The standard InChI is InChI=1S/C20H27N3O5S/c1-7-23(8-2)29(26,27)16-11-15(10-9-12(16)3)22-19(24)18-13(4)17(14(5)21-18)20(25)28-6/h9-11,21H,7-8H2,1-6H3,(H,22,24). The van der Waals surface area contributed by atoms with Gasteiger partial charge < -0.3 is 15.0 Å². The number of aromatic nitrogens is 1. The van der Waals surface area contributed by atoms with Crippen molar-refractivity contribution in [3.8, 4) is 0 Å². The van der Waals surface area contributed by atoms with E-state index in [4.69, 9.17) is 4.74 Å². The van der Waals surface area contributed by atoms with Gasteiger partial charge in [-0.15, -0.1) is 0 Å². The Hall–Kier alpha value is -2.65. The fraction of sp³-hybridized carbons (Fsp3) is 0.400. The van der Waals surface area contributed by atoms with Crippen molar-refractivity contribution in [2.45, 2.75) is 39.5 Å². The van der Waals surface area contributed by atoms with E-state index < -0.39 is 21.9 Å². The maximum absolute atomic E-state index is 12.9. The van der Waals surface area contributed by atoms with Gasteiger partial charge in [0.2, 0.25) is 10.0 Å². The van der Waals surface area contributed by atoms with E-state index >= 15 is 0 Å². The number of rotatable bonds is 7. The van der Waals surface area contributed by atoms with Crippen molar-refractivity contribution in [2.24, 2.45) is 0 Å². The number of carbonyl (C=O) groups is 2. The Morgan fingerprint density at radius 3 is 2.31 bits per heavy atom. The summed E-state index contributed by atoms with van der Waals surface area (Å²) >= 11 is 0. The van der Waals surface area contributed by atoms with Gasteiger partial charge in [0.1, 0.15) is 5.69 Å². The Morgan fingerprint density at radius 1 is 1.14 bits per heavy atom. The highest BCUT2D eigenvalue weighted by Crippen LogP contribution is 2.25. The van der Waals surface area contributed by atoms with E-state index in [2.05, 4.69) is 10.3 Å². The number of aromatic amines is 1. The molecule has 0 radical (unpaired) electrons. The van der Waals surface area contributed by atoms with Crippen LogP contribution in [0.3, 0.4) is 0 Å². The quantitative estimate of drug-likeness (QED) is 0.668. The smallest absolute Gasteiger partial charge is 0.339 e. The minimum Gasteiger partial charge on any atom is -0.465 e. The molecule has 0 fully saturated rings. The van der Waals surface area contributed by atoms with Gasteiger partial charge in [0.05, 0.1) is 17.6 Å². The third-order valence-corrected chi connectivity index (χ3v) is 7.02. The average molecular weight is 422 g/mol. The third kappa shape index (κ3) is 4.35. The molecule has 0 aliphatic heterocycles. The van der Waals surface area contributed by atoms with Crippen molar-refractivity contribution >= 4 is 27.6 Å². The van der Waals surface area contributed by atoms with E-state index in [1.54, 1.807) is 46.8 Å². The van der Waals surface area contributed by atoms with Crippen LogP contribution in [-0.2, 0) is 14.8 Å². The van der Waals surface area contributed by atoms with Crippen LogP contribution in [0.25, 0.3) is 0 Å². The molecule has 2 rings (SSSR count). The Balaban J connectivity index is 2.39. The van der Waals surface area contributed by atoms with Gasteiger partial charge in [-0.3, -0.25) is 4.79 Å². The zero-order chi connectivity index (χ0) is 21.9. The molecule has 0 aliphatic carbocycles. The first-order valence-electron chi connectivity index (χ1n) is 9.28. The molecule has 0 spiro atoms. The molecule has 29 heavy (non-hydrogen) atoms. The Kier molecular flexibility index (Phi) is 6.86. The van der Waals surface area contributed by atoms with Crippen molar-refractivity contribution < 1.29 is 22.7 Å². The summed E-state index contributed by atoms with van der Waals surface area (Å²) in [5.41, 5.74) is 2.46. The molecule has 1 heterocycles. The number of hydrogen-bond acceptors (Lipinski definition) is 5. The summed E-state index contributed by atoms with van der Waals surface area (Å²) in [6.45, 7) is 9.29. The fourth-order valence-corrected chi connectivity index (χ4v) is 4.95. The second kappa shape index (κ2) is 8.79. The van der Waals surface area contributed by atoms with E-state index in [1.165, 1.54) is 17.5 Å². The van der Waals surface area contributed by atoms with Crippen LogP contribution in [0.15, 0.2) is 23.1 Å². The number of methoxy groups -OCH3 is 1. The highest BCUT2D eigenvalue weighted by molar-refractivity contribution is 7.89. The number of hydrogen-bond donors (Lipinski definition) is 2. The molecule has 8 nitrogen and oxygen atoms in total. The SMILES string of the molecule is CCN(CC)S(=O)(=O)c1cc(NC(=O)c2[nH]c(C)c(C(=O)OC)c2C)ccc1C. The maximum Gasteiger partial charge on any atom is 0.339 e. The van der Waals surface area contributed by atoms with Gasteiger partial charge >= 0.3 is 5.97 Å². The molecule has 1 aromatic heterocycles. The Bertz CT molecular complexity index is 1040. The molecule has 158 valence electrons. The first-order chi connectivity index (χ1) is 13.6. The lowest BCUT2D eigenvalue weighted by Crippen LogP contribution is -2.31. The van der Waals surface area contributed by atoms with E-state index in [0.717, 1.165) is 0 Å². The van der Waals surface area contributed by atoms with Gasteiger partial charge in [-0.25, -0.2) is 13.2 Å². The molecular weight excluding hydrogens is 394 g/mol. The van der Waals surface area contributed by atoms with Crippen molar-refractivity contribution in [1.82, 2.24) is 9.29 Å².